The van der Waals surface area contributed by atoms with Crippen LogP contribution < -0.4 is 4.90 Å². The third-order valence-corrected chi connectivity index (χ3v) is 4.81. The molecule has 1 atom stereocenters. The van der Waals surface area contributed by atoms with E-state index in [1.807, 2.05) is 17.8 Å². The number of aromatic nitrogens is 1. The Morgan fingerprint density at radius 2 is 2.35 bits per heavy atom. The SMILES string of the molecule is CCSC1CCCCN(c2cc(C)c([N+](=O)[O-])cn2)C1. The number of nitro groups is 1. The summed E-state index contributed by atoms with van der Waals surface area (Å²) in [6.45, 7) is 5.95. The summed E-state index contributed by atoms with van der Waals surface area (Å²) in [6.07, 6.45) is 5.05. The first kappa shape index (κ1) is 15.1. The van der Waals surface area contributed by atoms with Gasteiger partial charge in [-0.25, -0.2) is 4.98 Å². The Morgan fingerprint density at radius 1 is 1.55 bits per heavy atom. The molecule has 0 N–H and O–H groups in total. The van der Waals surface area contributed by atoms with Crippen molar-refractivity contribution >= 4 is 23.3 Å². The fourth-order valence-corrected chi connectivity index (χ4v) is 3.67. The molecule has 1 aromatic rings. The molecule has 20 heavy (non-hydrogen) atoms. The largest absolute Gasteiger partial charge is 0.355 e. The topological polar surface area (TPSA) is 59.3 Å². The Kier molecular flexibility index (Phi) is 5.23. The fraction of sp³-hybridized carbons (Fsp3) is 0.643. The molecule has 1 unspecified atom stereocenters. The van der Waals surface area contributed by atoms with Crippen molar-refractivity contribution in [3.8, 4) is 0 Å². The van der Waals surface area contributed by atoms with Gasteiger partial charge in [-0.2, -0.15) is 11.8 Å². The van der Waals surface area contributed by atoms with Gasteiger partial charge in [0.25, 0.3) is 5.69 Å². The Hall–Kier alpha value is -1.30. The maximum Gasteiger partial charge on any atom is 0.290 e. The van der Waals surface area contributed by atoms with Gasteiger partial charge < -0.3 is 4.90 Å². The lowest BCUT2D eigenvalue weighted by Crippen LogP contribution is -2.30. The van der Waals surface area contributed by atoms with E-state index in [1.165, 1.54) is 25.5 Å². The summed E-state index contributed by atoms with van der Waals surface area (Å²) in [4.78, 5) is 17.0. The molecular formula is C14H21N3O2S. The number of nitrogens with zero attached hydrogens (tertiary/aromatic N) is 3. The van der Waals surface area contributed by atoms with Crippen LogP contribution in [-0.2, 0) is 0 Å². The molecular weight excluding hydrogens is 274 g/mol. The second kappa shape index (κ2) is 6.92. The second-order valence-electron chi connectivity index (χ2n) is 5.11. The van der Waals surface area contributed by atoms with E-state index in [0.29, 0.717) is 10.8 Å². The van der Waals surface area contributed by atoms with Crippen LogP contribution in [-0.4, -0.2) is 34.0 Å². The van der Waals surface area contributed by atoms with Crippen LogP contribution in [0, 0.1) is 17.0 Å². The average molecular weight is 295 g/mol. The molecule has 5 nitrogen and oxygen atoms in total. The quantitative estimate of drug-likeness (QED) is 0.629. The van der Waals surface area contributed by atoms with Crippen molar-refractivity contribution < 1.29 is 4.92 Å². The third kappa shape index (κ3) is 3.62. The predicted molar refractivity (Wildman–Crippen MR) is 83.6 cm³/mol. The van der Waals surface area contributed by atoms with Gasteiger partial charge >= 0.3 is 0 Å². The van der Waals surface area contributed by atoms with Crippen molar-refractivity contribution in [1.29, 1.82) is 0 Å². The van der Waals surface area contributed by atoms with Gasteiger partial charge in [0.15, 0.2) is 0 Å². The Balaban J connectivity index is 2.16. The van der Waals surface area contributed by atoms with E-state index in [0.717, 1.165) is 24.7 Å². The van der Waals surface area contributed by atoms with E-state index in [9.17, 15) is 10.1 Å². The highest BCUT2D eigenvalue weighted by atomic mass is 32.2. The number of thioether (sulfide) groups is 1. The monoisotopic (exact) mass is 295 g/mol. The number of rotatable bonds is 4. The minimum absolute atomic E-state index is 0.100. The van der Waals surface area contributed by atoms with Crippen molar-refractivity contribution in [2.45, 2.75) is 38.4 Å². The number of hydrogen-bond acceptors (Lipinski definition) is 5. The zero-order valence-corrected chi connectivity index (χ0v) is 12.9. The highest BCUT2D eigenvalue weighted by Gasteiger charge is 2.21. The molecule has 0 radical (unpaired) electrons. The first-order chi connectivity index (χ1) is 9.61. The van der Waals surface area contributed by atoms with Crippen molar-refractivity contribution in [3.63, 3.8) is 0 Å². The molecule has 0 spiro atoms. The van der Waals surface area contributed by atoms with Gasteiger partial charge in [0, 0.05) is 23.9 Å². The lowest BCUT2D eigenvalue weighted by Gasteiger charge is -2.25. The van der Waals surface area contributed by atoms with Gasteiger partial charge in [0.1, 0.15) is 12.0 Å². The summed E-state index contributed by atoms with van der Waals surface area (Å²) in [6, 6.07) is 1.84. The van der Waals surface area contributed by atoms with Crippen LogP contribution in [0.25, 0.3) is 0 Å². The fourth-order valence-electron chi connectivity index (χ4n) is 2.58. The molecule has 1 aliphatic rings. The zero-order chi connectivity index (χ0) is 14.5. The molecule has 6 heteroatoms. The van der Waals surface area contributed by atoms with Crippen LogP contribution in [0.5, 0.6) is 0 Å². The number of pyridine rings is 1. The van der Waals surface area contributed by atoms with Gasteiger partial charge in [-0.15, -0.1) is 0 Å². The first-order valence-corrected chi connectivity index (χ1v) is 8.14. The van der Waals surface area contributed by atoms with Gasteiger partial charge in [-0.05, 0) is 31.6 Å². The first-order valence-electron chi connectivity index (χ1n) is 7.09. The molecule has 1 saturated heterocycles. The summed E-state index contributed by atoms with van der Waals surface area (Å²) >= 11 is 2.00. The molecule has 0 saturated carbocycles. The van der Waals surface area contributed by atoms with Crippen LogP contribution in [0.4, 0.5) is 11.5 Å². The van der Waals surface area contributed by atoms with Crippen molar-refractivity contribution in [1.82, 2.24) is 4.98 Å². The van der Waals surface area contributed by atoms with Crippen LogP contribution in [0.1, 0.15) is 31.7 Å². The standard InChI is InChI=1S/C14H21N3O2S/c1-3-20-12-6-4-5-7-16(10-12)14-8-11(2)13(9-15-14)17(18)19/h8-9,12H,3-7,10H2,1-2H3. The average Bonchev–Trinajstić information content (AvgIpc) is 2.64. The van der Waals surface area contributed by atoms with Gasteiger partial charge in [-0.3, -0.25) is 10.1 Å². The second-order valence-corrected chi connectivity index (χ2v) is 6.68. The smallest absolute Gasteiger partial charge is 0.290 e. The molecule has 2 rings (SSSR count). The highest BCUT2D eigenvalue weighted by Crippen LogP contribution is 2.27. The summed E-state index contributed by atoms with van der Waals surface area (Å²) < 4.78 is 0. The molecule has 1 aliphatic heterocycles. The van der Waals surface area contributed by atoms with E-state index >= 15 is 0 Å². The van der Waals surface area contributed by atoms with E-state index in [4.69, 9.17) is 0 Å². The molecule has 0 aromatic carbocycles. The van der Waals surface area contributed by atoms with Crippen LogP contribution in [0.3, 0.4) is 0 Å². The van der Waals surface area contributed by atoms with Crippen molar-refractivity contribution in [2.75, 3.05) is 23.7 Å². The Labute approximate surface area is 123 Å². The minimum atomic E-state index is -0.371. The van der Waals surface area contributed by atoms with E-state index < -0.39 is 0 Å². The molecule has 0 bridgehead atoms. The lowest BCUT2D eigenvalue weighted by molar-refractivity contribution is -0.385. The number of aryl methyl sites for hydroxylation is 1. The van der Waals surface area contributed by atoms with Crippen molar-refractivity contribution in [3.05, 3.63) is 27.9 Å². The maximum absolute atomic E-state index is 10.9. The molecule has 0 amide bonds. The van der Waals surface area contributed by atoms with Gasteiger partial charge in [0.05, 0.1) is 4.92 Å². The third-order valence-electron chi connectivity index (χ3n) is 3.62. The maximum atomic E-state index is 10.9. The van der Waals surface area contributed by atoms with Crippen LogP contribution in [0.15, 0.2) is 12.3 Å². The normalized spacial score (nSPS) is 19.7. The summed E-state index contributed by atoms with van der Waals surface area (Å²) in [5.41, 5.74) is 0.784. The van der Waals surface area contributed by atoms with Gasteiger partial charge in [0.2, 0.25) is 0 Å². The summed E-state index contributed by atoms with van der Waals surface area (Å²) in [5.74, 6) is 2.00. The lowest BCUT2D eigenvalue weighted by atomic mass is 10.2. The van der Waals surface area contributed by atoms with E-state index in [-0.39, 0.29) is 10.6 Å². The summed E-state index contributed by atoms with van der Waals surface area (Å²) in [7, 11) is 0. The number of hydrogen-bond donors (Lipinski definition) is 0. The minimum Gasteiger partial charge on any atom is -0.355 e. The summed E-state index contributed by atoms with van der Waals surface area (Å²) in [5, 5.41) is 11.5. The van der Waals surface area contributed by atoms with Crippen LogP contribution >= 0.6 is 11.8 Å². The van der Waals surface area contributed by atoms with Gasteiger partial charge in [-0.1, -0.05) is 13.3 Å². The van der Waals surface area contributed by atoms with Crippen molar-refractivity contribution in [2.24, 2.45) is 0 Å². The van der Waals surface area contributed by atoms with E-state index in [1.54, 1.807) is 6.92 Å². The Morgan fingerprint density at radius 3 is 3.00 bits per heavy atom. The molecule has 1 fully saturated rings. The Bertz CT molecular complexity index is 481. The molecule has 0 aliphatic carbocycles. The predicted octanol–water partition coefficient (Wildman–Crippen LogP) is 3.41. The number of anilines is 1. The highest BCUT2D eigenvalue weighted by molar-refractivity contribution is 7.99. The molecule has 1 aromatic heterocycles. The van der Waals surface area contributed by atoms with Crippen LogP contribution in [0.2, 0.25) is 0 Å². The zero-order valence-electron chi connectivity index (χ0n) is 12.0. The molecule has 110 valence electrons. The molecule has 2 heterocycles. The van der Waals surface area contributed by atoms with E-state index in [2.05, 4.69) is 16.8 Å².